The molecule has 0 atom stereocenters. The molecule has 0 fully saturated rings. The second-order valence-electron chi connectivity index (χ2n) is 7.15. The Labute approximate surface area is 215 Å². The summed E-state index contributed by atoms with van der Waals surface area (Å²) in [4.78, 5) is 12.4. The topological polar surface area (TPSA) is 90.6 Å². The number of methoxy groups -OCH3 is 2. The molecule has 0 spiro atoms. The first-order chi connectivity index (χ1) is 17.1. The van der Waals surface area contributed by atoms with Crippen LogP contribution in [-0.2, 0) is 4.79 Å². The summed E-state index contributed by atoms with van der Waals surface area (Å²) in [6, 6.07) is 22.9. The van der Waals surface area contributed by atoms with Gasteiger partial charge in [-0.05, 0) is 36.4 Å². The van der Waals surface area contributed by atoms with E-state index in [9.17, 15) is 4.79 Å². The van der Waals surface area contributed by atoms with Crippen molar-refractivity contribution >= 4 is 39.8 Å². The van der Waals surface area contributed by atoms with Crippen LogP contribution in [0.15, 0.2) is 87.5 Å². The van der Waals surface area contributed by atoms with Crippen LogP contribution in [0.5, 0.6) is 11.5 Å². The highest BCUT2D eigenvalue weighted by Gasteiger charge is 2.18. The first kappa shape index (κ1) is 24.5. The van der Waals surface area contributed by atoms with Crippen molar-refractivity contribution in [1.29, 1.82) is 0 Å². The largest absolute Gasteiger partial charge is 0.493 e. The van der Waals surface area contributed by atoms with Gasteiger partial charge < -0.3 is 9.47 Å². The van der Waals surface area contributed by atoms with Crippen LogP contribution >= 0.6 is 27.7 Å². The molecule has 178 valence electrons. The lowest BCUT2D eigenvalue weighted by Crippen LogP contribution is -2.20. The number of aromatic nitrogens is 3. The minimum atomic E-state index is -0.256. The van der Waals surface area contributed by atoms with Crippen molar-refractivity contribution in [2.75, 3.05) is 20.0 Å². The highest BCUT2D eigenvalue weighted by molar-refractivity contribution is 9.10. The standard InChI is InChI=1S/C25H22BrN5O3S/c1-33-21-13-12-17(14-22(21)34-2)24-29-30-25(31(24)19-9-4-3-5-10-19)35-16-23(32)28-27-15-18-8-6-7-11-20(18)26/h3-15H,16H2,1-2H3,(H,28,32)/b27-15-. The van der Waals surface area contributed by atoms with Crippen LogP contribution in [0.1, 0.15) is 5.56 Å². The van der Waals surface area contributed by atoms with Crippen molar-refractivity contribution in [1.82, 2.24) is 20.2 Å². The molecule has 8 nitrogen and oxygen atoms in total. The van der Waals surface area contributed by atoms with Crippen LogP contribution in [0.4, 0.5) is 0 Å². The predicted molar refractivity (Wildman–Crippen MR) is 141 cm³/mol. The van der Waals surface area contributed by atoms with Crippen molar-refractivity contribution in [2.45, 2.75) is 5.16 Å². The zero-order chi connectivity index (χ0) is 24.6. The first-order valence-electron chi connectivity index (χ1n) is 10.5. The molecule has 0 unspecified atom stereocenters. The molecule has 0 bridgehead atoms. The lowest BCUT2D eigenvalue weighted by molar-refractivity contribution is -0.118. The maximum absolute atomic E-state index is 12.4. The number of carbonyl (C=O) groups excluding carboxylic acids is 1. The monoisotopic (exact) mass is 551 g/mol. The first-order valence-corrected chi connectivity index (χ1v) is 12.3. The van der Waals surface area contributed by atoms with E-state index in [4.69, 9.17) is 9.47 Å². The number of amides is 1. The van der Waals surface area contributed by atoms with Crippen molar-refractivity contribution in [3.8, 4) is 28.6 Å². The molecule has 0 saturated carbocycles. The second-order valence-corrected chi connectivity index (χ2v) is 8.95. The number of halogens is 1. The van der Waals surface area contributed by atoms with Gasteiger partial charge in [-0.1, -0.05) is 64.1 Å². The molecule has 3 aromatic carbocycles. The van der Waals surface area contributed by atoms with Gasteiger partial charge in [-0.3, -0.25) is 9.36 Å². The van der Waals surface area contributed by atoms with Gasteiger partial charge in [-0.2, -0.15) is 5.10 Å². The van der Waals surface area contributed by atoms with Crippen molar-refractivity contribution < 1.29 is 14.3 Å². The smallest absolute Gasteiger partial charge is 0.250 e. The third kappa shape index (κ3) is 5.90. The Kier molecular flexibility index (Phi) is 8.17. The van der Waals surface area contributed by atoms with Crippen molar-refractivity contribution in [3.05, 3.63) is 82.8 Å². The number of ether oxygens (including phenoxy) is 2. The number of thioether (sulfide) groups is 1. The summed E-state index contributed by atoms with van der Waals surface area (Å²) in [6.45, 7) is 0. The fourth-order valence-electron chi connectivity index (χ4n) is 3.25. The molecule has 4 rings (SSSR count). The Morgan fingerprint density at radius 1 is 1.03 bits per heavy atom. The quantitative estimate of drug-likeness (QED) is 0.180. The Morgan fingerprint density at radius 2 is 1.77 bits per heavy atom. The zero-order valence-corrected chi connectivity index (χ0v) is 21.4. The number of hydrogen-bond donors (Lipinski definition) is 1. The molecule has 10 heteroatoms. The molecule has 4 aromatic rings. The van der Waals surface area contributed by atoms with Crippen LogP contribution < -0.4 is 14.9 Å². The molecule has 1 amide bonds. The molecule has 1 aromatic heterocycles. The van der Waals surface area contributed by atoms with E-state index in [1.165, 1.54) is 11.8 Å². The molecule has 0 aliphatic rings. The van der Waals surface area contributed by atoms with E-state index >= 15 is 0 Å². The number of carbonyl (C=O) groups is 1. The maximum atomic E-state index is 12.4. The summed E-state index contributed by atoms with van der Waals surface area (Å²) in [5, 5.41) is 13.4. The Morgan fingerprint density at radius 3 is 2.51 bits per heavy atom. The summed E-state index contributed by atoms with van der Waals surface area (Å²) in [7, 11) is 3.18. The van der Waals surface area contributed by atoms with Gasteiger partial charge in [-0.15, -0.1) is 10.2 Å². The van der Waals surface area contributed by atoms with Crippen LogP contribution in [0, 0.1) is 0 Å². The molecule has 0 saturated heterocycles. The lowest BCUT2D eigenvalue weighted by Gasteiger charge is -2.12. The van der Waals surface area contributed by atoms with Crippen LogP contribution in [0.25, 0.3) is 17.1 Å². The second kappa shape index (κ2) is 11.7. The van der Waals surface area contributed by atoms with Crippen LogP contribution in [-0.4, -0.2) is 46.9 Å². The molecule has 35 heavy (non-hydrogen) atoms. The predicted octanol–water partition coefficient (Wildman–Crippen LogP) is 4.96. The number of hydrazone groups is 1. The van der Waals surface area contributed by atoms with Crippen LogP contribution in [0.2, 0.25) is 0 Å². The molecule has 0 radical (unpaired) electrons. The zero-order valence-electron chi connectivity index (χ0n) is 19.0. The summed E-state index contributed by atoms with van der Waals surface area (Å²) in [5.74, 6) is 1.69. The van der Waals surface area contributed by atoms with E-state index in [1.807, 2.05) is 77.4 Å². The van der Waals surface area contributed by atoms with E-state index in [1.54, 1.807) is 20.4 Å². The van der Waals surface area contributed by atoms with E-state index < -0.39 is 0 Å². The van der Waals surface area contributed by atoms with E-state index in [2.05, 4.69) is 36.7 Å². The number of hydrogen-bond acceptors (Lipinski definition) is 7. The fourth-order valence-corrected chi connectivity index (χ4v) is 4.38. The third-order valence-corrected chi connectivity index (χ3v) is 6.57. The Bertz CT molecular complexity index is 1340. The van der Waals surface area contributed by atoms with Crippen LogP contribution in [0.3, 0.4) is 0 Å². The minimum absolute atomic E-state index is 0.115. The average Bonchev–Trinajstić information content (AvgIpc) is 3.32. The SMILES string of the molecule is COc1ccc(-c2nnc(SCC(=O)N/N=C\c3ccccc3Br)n2-c2ccccc2)cc1OC. The molecule has 0 aliphatic carbocycles. The van der Waals surface area contributed by atoms with Crippen molar-refractivity contribution in [2.24, 2.45) is 5.10 Å². The van der Waals surface area contributed by atoms with Gasteiger partial charge in [0.1, 0.15) is 0 Å². The van der Waals surface area contributed by atoms with Gasteiger partial charge in [0.25, 0.3) is 5.91 Å². The summed E-state index contributed by atoms with van der Waals surface area (Å²) < 4.78 is 13.6. The number of rotatable bonds is 9. The van der Waals surface area contributed by atoms with E-state index in [0.717, 1.165) is 21.3 Å². The molecular weight excluding hydrogens is 530 g/mol. The van der Waals surface area contributed by atoms with E-state index in [-0.39, 0.29) is 11.7 Å². The Hall–Kier alpha value is -3.63. The van der Waals surface area contributed by atoms with Gasteiger partial charge in [0.05, 0.1) is 26.2 Å². The van der Waals surface area contributed by atoms with E-state index in [0.29, 0.717) is 22.5 Å². The molecule has 1 N–H and O–H groups in total. The van der Waals surface area contributed by atoms with Gasteiger partial charge in [0, 0.05) is 21.3 Å². The normalized spacial score (nSPS) is 10.9. The lowest BCUT2D eigenvalue weighted by atomic mass is 10.2. The summed E-state index contributed by atoms with van der Waals surface area (Å²) >= 11 is 4.72. The fraction of sp³-hybridized carbons (Fsp3) is 0.120. The number of benzene rings is 3. The number of nitrogens with one attached hydrogen (secondary N) is 1. The van der Waals surface area contributed by atoms with Gasteiger partial charge >= 0.3 is 0 Å². The van der Waals surface area contributed by atoms with Crippen molar-refractivity contribution in [3.63, 3.8) is 0 Å². The summed E-state index contributed by atoms with van der Waals surface area (Å²) in [6.07, 6.45) is 1.59. The van der Waals surface area contributed by atoms with Gasteiger partial charge in [0.15, 0.2) is 22.5 Å². The molecule has 0 aliphatic heterocycles. The Balaban J connectivity index is 1.55. The van der Waals surface area contributed by atoms with Gasteiger partial charge in [0.2, 0.25) is 0 Å². The molecular formula is C25H22BrN5O3S. The number of nitrogens with zero attached hydrogens (tertiary/aromatic N) is 4. The highest BCUT2D eigenvalue weighted by atomic mass is 79.9. The van der Waals surface area contributed by atoms with Gasteiger partial charge in [-0.25, -0.2) is 5.43 Å². The third-order valence-electron chi connectivity index (χ3n) is 4.92. The minimum Gasteiger partial charge on any atom is -0.493 e. The average molecular weight is 552 g/mol. The molecule has 1 heterocycles. The number of para-hydroxylation sites is 1. The summed E-state index contributed by atoms with van der Waals surface area (Å²) in [5.41, 5.74) is 5.09. The highest BCUT2D eigenvalue weighted by Crippen LogP contribution is 2.34. The maximum Gasteiger partial charge on any atom is 0.250 e.